The molecule has 0 aliphatic carbocycles. The molecule has 90 valence electrons. The van der Waals surface area contributed by atoms with Crippen molar-refractivity contribution in [1.29, 1.82) is 0 Å². The number of rotatable bonds is 3. The summed E-state index contributed by atoms with van der Waals surface area (Å²) < 4.78 is 0. The summed E-state index contributed by atoms with van der Waals surface area (Å²) in [5.74, 6) is 0.855. The molecule has 0 fully saturated rings. The SMILES string of the molecule is CN[C@H](C)c1nc(-c2ccc(C)cc2)c(Cl)[nH]1. The van der Waals surface area contributed by atoms with E-state index in [0.29, 0.717) is 5.15 Å². The van der Waals surface area contributed by atoms with Crippen LogP contribution in [-0.2, 0) is 0 Å². The molecular formula is C13H16ClN3. The van der Waals surface area contributed by atoms with E-state index in [1.54, 1.807) is 0 Å². The number of aryl methyl sites for hydroxylation is 1. The number of benzene rings is 1. The molecule has 2 N–H and O–H groups in total. The average molecular weight is 250 g/mol. The maximum absolute atomic E-state index is 6.17. The van der Waals surface area contributed by atoms with Gasteiger partial charge in [-0.3, -0.25) is 0 Å². The van der Waals surface area contributed by atoms with Crippen LogP contribution in [0.3, 0.4) is 0 Å². The maximum Gasteiger partial charge on any atom is 0.134 e. The molecule has 0 aliphatic heterocycles. The number of H-pyrrole nitrogens is 1. The van der Waals surface area contributed by atoms with Crippen molar-refractivity contribution in [3.63, 3.8) is 0 Å². The van der Waals surface area contributed by atoms with Gasteiger partial charge in [0.05, 0.1) is 6.04 Å². The summed E-state index contributed by atoms with van der Waals surface area (Å²) in [6.07, 6.45) is 0. The highest BCUT2D eigenvalue weighted by Crippen LogP contribution is 2.27. The van der Waals surface area contributed by atoms with Crippen LogP contribution >= 0.6 is 11.6 Å². The van der Waals surface area contributed by atoms with E-state index < -0.39 is 0 Å². The van der Waals surface area contributed by atoms with E-state index in [1.807, 2.05) is 26.1 Å². The van der Waals surface area contributed by atoms with Gasteiger partial charge in [0.1, 0.15) is 16.7 Å². The van der Waals surface area contributed by atoms with Gasteiger partial charge in [0, 0.05) is 5.56 Å². The van der Waals surface area contributed by atoms with Crippen LogP contribution in [-0.4, -0.2) is 17.0 Å². The van der Waals surface area contributed by atoms with Crippen molar-refractivity contribution in [2.75, 3.05) is 7.05 Å². The highest BCUT2D eigenvalue weighted by molar-refractivity contribution is 6.31. The Bertz CT molecular complexity index is 502. The predicted molar refractivity (Wildman–Crippen MR) is 71.2 cm³/mol. The van der Waals surface area contributed by atoms with E-state index >= 15 is 0 Å². The van der Waals surface area contributed by atoms with E-state index in [-0.39, 0.29) is 6.04 Å². The van der Waals surface area contributed by atoms with Crippen LogP contribution in [0.2, 0.25) is 5.15 Å². The van der Waals surface area contributed by atoms with Crippen molar-refractivity contribution in [1.82, 2.24) is 15.3 Å². The Labute approximate surface area is 106 Å². The van der Waals surface area contributed by atoms with Crippen molar-refractivity contribution in [2.45, 2.75) is 19.9 Å². The van der Waals surface area contributed by atoms with E-state index in [9.17, 15) is 0 Å². The Kier molecular flexibility index (Phi) is 3.50. The lowest BCUT2D eigenvalue weighted by atomic mass is 10.1. The second kappa shape index (κ2) is 4.90. The number of hydrogen-bond donors (Lipinski definition) is 2. The van der Waals surface area contributed by atoms with Crippen molar-refractivity contribution in [3.05, 3.63) is 40.8 Å². The lowest BCUT2D eigenvalue weighted by Crippen LogP contribution is -2.13. The molecule has 0 unspecified atom stereocenters. The number of aromatic amines is 1. The molecule has 0 spiro atoms. The first kappa shape index (κ1) is 12.1. The second-order valence-corrected chi connectivity index (χ2v) is 4.54. The van der Waals surface area contributed by atoms with Crippen molar-refractivity contribution >= 4 is 11.6 Å². The second-order valence-electron chi connectivity index (χ2n) is 4.16. The topological polar surface area (TPSA) is 40.7 Å². The molecule has 2 aromatic rings. The van der Waals surface area contributed by atoms with E-state index in [2.05, 4.69) is 34.3 Å². The minimum absolute atomic E-state index is 0.159. The van der Waals surface area contributed by atoms with Crippen molar-refractivity contribution in [2.24, 2.45) is 0 Å². The van der Waals surface area contributed by atoms with Crippen LogP contribution < -0.4 is 5.32 Å². The number of imidazole rings is 1. The quantitative estimate of drug-likeness (QED) is 0.876. The van der Waals surface area contributed by atoms with Gasteiger partial charge in [0.15, 0.2) is 0 Å². The fourth-order valence-corrected chi connectivity index (χ4v) is 1.86. The summed E-state index contributed by atoms with van der Waals surface area (Å²) in [5, 5.41) is 3.72. The van der Waals surface area contributed by atoms with Gasteiger partial charge in [-0.1, -0.05) is 41.4 Å². The van der Waals surface area contributed by atoms with Gasteiger partial charge >= 0.3 is 0 Å². The van der Waals surface area contributed by atoms with E-state index in [4.69, 9.17) is 11.6 Å². The molecule has 0 aliphatic rings. The Morgan fingerprint density at radius 1 is 1.29 bits per heavy atom. The summed E-state index contributed by atoms with van der Waals surface area (Å²) in [6, 6.07) is 8.34. The lowest BCUT2D eigenvalue weighted by Gasteiger charge is -2.04. The Balaban J connectivity index is 2.39. The van der Waals surface area contributed by atoms with Crippen LogP contribution in [0.25, 0.3) is 11.3 Å². The Morgan fingerprint density at radius 2 is 1.94 bits per heavy atom. The van der Waals surface area contributed by atoms with Crippen molar-refractivity contribution in [3.8, 4) is 11.3 Å². The third-order valence-corrected chi connectivity index (χ3v) is 3.12. The van der Waals surface area contributed by atoms with E-state index in [1.165, 1.54) is 5.56 Å². The maximum atomic E-state index is 6.17. The number of halogens is 1. The summed E-state index contributed by atoms with van der Waals surface area (Å²) in [7, 11) is 1.90. The largest absolute Gasteiger partial charge is 0.331 e. The van der Waals surface area contributed by atoms with Gasteiger partial charge in [0.2, 0.25) is 0 Å². The third kappa shape index (κ3) is 2.51. The molecule has 0 amide bonds. The Hall–Kier alpha value is -1.32. The summed E-state index contributed by atoms with van der Waals surface area (Å²) in [5.41, 5.74) is 3.07. The highest BCUT2D eigenvalue weighted by Gasteiger charge is 2.13. The van der Waals surface area contributed by atoms with Gasteiger partial charge < -0.3 is 10.3 Å². The third-order valence-electron chi connectivity index (χ3n) is 2.85. The molecule has 2 rings (SSSR count). The fraction of sp³-hybridized carbons (Fsp3) is 0.308. The van der Waals surface area contributed by atoms with Gasteiger partial charge in [-0.2, -0.15) is 0 Å². The zero-order chi connectivity index (χ0) is 12.4. The first-order valence-electron chi connectivity index (χ1n) is 5.61. The first-order valence-corrected chi connectivity index (χ1v) is 5.99. The molecule has 1 heterocycles. The summed E-state index contributed by atoms with van der Waals surface area (Å²) >= 11 is 6.17. The molecule has 4 heteroatoms. The number of nitrogens with zero attached hydrogens (tertiary/aromatic N) is 1. The van der Waals surface area contributed by atoms with Gasteiger partial charge in [-0.25, -0.2) is 4.98 Å². The number of nitrogens with one attached hydrogen (secondary N) is 2. The number of aromatic nitrogens is 2. The van der Waals surface area contributed by atoms with Gasteiger partial charge in [-0.15, -0.1) is 0 Å². The van der Waals surface area contributed by atoms with Crippen LogP contribution in [0.5, 0.6) is 0 Å². The molecule has 0 bridgehead atoms. The van der Waals surface area contributed by atoms with Crippen molar-refractivity contribution < 1.29 is 0 Å². The van der Waals surface area contributed by atoms with Crippen LogP contribution in [0.4, 0.5) is 0 Å². The molecule has 1 aromatic heterocycles. The molecule has 1 aromatic carbocycles. The smallest absolute Gasteiger partial charge is 0.134 e. The minimum atomic E-state index is 0.159. The zero-order valence-electron chi connectivity index (χ0n) is 10.2. The molecule has 3 nitrogen and oxygen atoms in total. The van der Waals surface area contributed by atoms with Crippen LogP contribution in [0.1, 0.15) is 24.4 Å². The highest BCUT2D eigenvalue weighted by atomic mass is 35.5. The molecule has 0 saturated carbocycles. The number of hydrogen-bond acceptors (Lipinski definition) is 2. The van der Waals surface area contributed by atoms with E-state index in [0.717, 1.165) is 17.1 Å². The predicted octanol–water partition coefficient (Wildman–Crippen LogP) is 3.32. The molecule has 0 saturated heterocycles. The molecule has 1 atom stereocenters. The average Bonchev–Trinajstić information content (AvgIpc) is 2.71. The summed E-state index contributed by atoms with van der Waals surface area (Å²) in [6.45, 7) is 4.10. The summed E-state index contributed by atoms with van der Waals surface area (Å²) in [4.78, 5) is 7.63. The van der Waals surface area contributed by atoms with Gasteiger partial charge in [-0.05, 0) is 20.9 Å². The minimum Gasteiger partial charge on any atom is -0.331 e. The fourth-order valence-electron chi connectivity index (χ4n) is 1.61. The van der Waals surface area contributed by atoms with Gasteiger partial charge in [0.25, 0.3) is 0 Å². The normalized spacial score (nSPS) is 12.7. The monoisotopic (exact) mass is 249 g/mol. The zero-order valence-corrected chi connectivity index (χ0v) is 11.0. The standard InChI is InChI=1S/C13H16ClN3/c1-8-4-6-10(7-5-8)11-12(14)17-13(16-11)9(2)15-3/h4-7,9,15H,1-3H3,(H,16,17)/t9-/m1/s1. The lowest BCUT2D eigenvalue weighted by molar-refractivity contribution is 0.618. The molecular weight excluding hydrogens is 234 g/mol. The molecule has 17 heavy (non-hydrogen) atoms. The molecule has 0 radical (unpaired) electrons. The Morgan fingerprint density at radius 3 is 2.53 bits per heavy atom. The first-order chi connectivity index (χ1) is 8.11. The van der Waals surface area contributed by atoms with Crippen LogP contribution in [0, 0.1) is 6.92 Å². The van der Waals surface area contributed by atoms with Crippen LogP contribution in [0.15, 0.2) is 24.3 Å².